The molecule has 0 aliphatic heterocycles. The monoisotopic (exact) mass is 265 g/mol. The lowest BCUT2D eigenvalue weighted by molar-refractivity contribution is -0.567. The molecule has 3 aromatic rings. The van der Waals surface area contributed by atoms with E-state index in [4.69, 9.17) is 0 Å². The summed E-state index contributed by atoms with van der Waals surface area (Å²) in [5, 5.41) is 0. The summed E-state index contributed by atoms with van der Waals surface area (Å²) in [5.74, 6) is 0.857. The minimum atomic E-state index is 0.857. The lowest BCUT2D eigenvalue weighted by atomic mass is 10.3. The lowest BCUT2D eigenvalue weighted by Gasteiger charge is -2.09. The van der Waals surface area contributed by atoms with Crippen molar-refractivity contribution in [2.45, 2.75) is 0 Å². The second-order valence-corrected chi connectivity index (χ2v) is 4.85. The van der Waals surface area contributed by atoms with Crippen LogP contribution in [0.25, 0.3) is 23.3 Å². The molecule has 2 heterocycles. The zero-order chi connectivity index (χ0) is 13.9. The topological polar surface area (TPSA) is 35.8 Å². The molecule has 2 aromatic heterocycles. The van der Waals surface area contributed by atoms with Gasteiger partial charge in [0.2, 0.25) is 0 Å². The van der Waals surface area contributed by atoms with Crippen molar-refractivity contribution in [1.29, 1.82) is 0 Å². The van der Waals surface area contributed by atoms with Gasteiger partial charge in [-0.05, 0) is 12.1 Å². The Morgan fingerprint density at radius 1 is 1.10 bits per heavy atom. The second kappa shape index (κ2) is 5.17. The van der Waals surface area contributed by atoms with Crippen molar-refractivity contribution in [1.82, 2.24) is 9.97 Å². The lowest BCUT2D eigenvalue weighted by Crippen LogP contribution is -2.24. The highest BCUT2D eigenvalue weighted by Crippen LogP contribution is 2.11. The van der Waals surface area contributed by atoms with Crippen LogP contribution in [-0.4, -0.2) is 24.1 Å². The van der Waals surface area contributed by atoms with Gasteiger partial charge >= 0.3 is 0 Å². The van der Waals surface area contributed by atoms with Gasteiger partial charge < -0.3 is 9.88 Å². The summed E-state index contributed by atoms with van der Waals surface area (Å²) in [6.45, 7) is 0. The highest BCUT2D eigenvalue weighted by molar-refractivity contribution is 5.77. The number of anilines is 1. The third-order valence-electron chi connectivity index (χ3n) is 3.16. The molecule has 1 N–H and O–H groups in total. The van der Waals surface area contributed by atoms with Crippen molar-refractivity contribution < 1.29 is 4.57 Å². The maximum atomic E-state index is 4.51. The molecule has 0 atom stereocenters. The maximum absolute atomic E-state index is 4.51. The first-order valence-electron chi connectivity index (χ1n) is 6.53. The zero-order valence-corrected chi connectivity index (χ0v) is 11.6. The Labute approximate surface area is 118 Å². The molecule has 1 aromatic carbocycles. The fourth-order valence-corrected chi connectivity index (χ4v) is 2.04. The summed E-state index contributed by atoms with van der Waals surface area (Å²) in [5.41, 5.74) is 3.22. The average molecular weight is 265 g/mol. The summed E-state index contributed by atoms with van der Waals surface area (Å²) < 4.78 is 2.00. The predicted molar refractivity (Wildman–Crippen MR) is 82.3 cm³/mol. The number of H-pyrrole nitrogens is 1. The van der Waals surface area contributed by atoms with Crippen molar-refractivity contribution in [2.75, 3.05) is 19.0 Å². The van der Waals surface area contributed by atoms with E-state index in [1.54, 1.807) is 0 Å². The van der Waals surface area contributed by atoms with E-state index in [9.17, 15) is 0 Å². The van der Waals surface area contributed by atoms with Gasteiger partial charge in [0.1, 0.15) is 5.82 Å². The molecule has 0 aliphatic carbocycles. The predicted octanol–water partition coefficient (Wildman–Crippen LogP) is 2.54. The molecule has 0 fully saturated rings. The molecule has 4 nitrogen and oxygen atoms in total. The summed E-state index contributed by atoms with van der Waals surface area (Å²) in [6, 6.07) is 12.2. The van der Waals surface area contributed by atoms with E-state index < -0.39 is 0 Å². The summed E-state index contributed by atoms with van der Waals surface area (Å²) in [4.78, 5) is 9.86. The number of nitrogens with zero attached hydrogens (tertiary/aromatic N) is 3. The van der Waals surface area contributed by atoms with Gasteiger partial charge in [0.25, 0.3) is 0 Å². The third kappa shape index (κ3) is 2.54. The Hall–Kier alpha value is -2.62. The number of aromatic nitrogens is 3. The SMILES string of the molecule is CN(C)c1cc[n+](/C=C/c2nc3ccccc3[nH]2)cc1. The van der Waals surface area contributed by atoms with Crippen molar-refractivity contribution >= 4 is 29.0 Å². The van der Waals surface area contributed by atoms with Gasteiger partial charge in [-0.1, -0.05) is 12.1 Å². The molecule has 0 spiro atoms. The van der Waals surface area contributed by atoms with Crippen LogP contribution in [0, 0.1) is 0 Å². The highest BCUT2D eigenvalue weighted by Gasteiger charge is 2.01. The van der Waals surface area contributed by atoms with Crippen molar-refractivity contribution in [3.63, 3.8) is 0 Å². The molecule has 3 rings (SSSR count). The van der Waals surface area contributed by atoms with E-state index in [1.807, 2.05) is 67.6 Å². The number of hydrogen-bond acceptors (Lipinski definition) is 2. The summed E-state index contributed by atoms with van der Waals surface area (Å²) in [6.07, 6.45) is 8.00. The first kappa shape index (κ1) is 12.4. The third-order valence-corrected chi connectivity index (χ3v) is 3.16. The summed E-state index contributed by atoms with van der Waals surface area (Å²) >= 11 is 0. The van der Waals surface area contributed by atoms with Crippen LogP contribution in [0.3, 0.4) is 0 Å². The molecular formula is C16H17N4+. The first-order valence-corrected chi connectivity index (χ1v) is 6.53. The number of hydrogen-bond donors (Lipinski definition) is 1. The van der Waals surface area contributed by atoms with Crippen LogP contribution in [-0.2, 0) is 0 Å². The van der Waals surface area contributed by atoms with Gasteiger partial charge in [-0.2, -0.15) is 4.57 Å². The number of benzene rings is 1. The van der Waals surface area contributed by atoms with Crippen LogP contribution in [0.5, 0.6) is 0 Å². The second-order valence-electron chi connectivity index (χ2n) is 4.85. The maximum Gasteiger partial charge on any atom is 0.178 e. The molecule has 20 heavy (non-hydrogen) atoms. The van der Waals surface area contributed by atoms with Crippen molar-refractivity contribution in [3.8, 4) is 0 Å². The molecular weight excluding hydrogens is 248 g/mol. The Morgan fingerprint density at radius 3 is 2.55 bits per heavy atom. The van der Waals surface area contributed by atoms with Crippen molar-refractivity contribution in [3.05, 3.63) is 54.6 Å². The molecule has 0 unspecified atom stereocenters. The quantitative estimate of drug-likeness (QED) is 0.739. The molecule has 100 valence electrons. The fourth-order valence-electron chi connectivity index (χ4n) is 2.04. The number of nitrogens with one attached hydrogen (secondary N) is 1. The van der Waals surface area contributed by atoms with E-state index in [1.165, 1.54) is 5.69 Å². The van der Waals surface area contributed by atoms with E-state index in [-0.39, 0.29) is 0 Å². The molecule has 0 amide bonds. The largest absolute Gasteiger partial charge is 0.377 e. The number of rotatable bonds is 3. The highest BCUT2D eigenvalue weighted by atomic mass is 15.1. The molecule has 0 aliphatic rings. The van der Waals surface area contributed by atoms with Crippen LogP contribution >= 0.6 is 0 Å². The molecule has 4 heteroatoms. The van der Waals surface area contributed by atoms with Gasteiger partial charge in [-0.3, -0.25) is 0 Å². The molecule has 0 saturated heterocycles. The number of pyridine rings is 1. The zero-order valence-electron chi connectivity index (χ0n) is 11.6. The van der Waals surface area contributed by atoms with E-state index in [0.717, 1.165) is 16.9 Å². The standard InChI is InChI=1S/C16H17N4/c1-19(2)13-7-10-20(11-8-13)12-9-16-17-14-5-3-4-6-15(14)18-16/h3-12H,1-2H3,(H,17,18)/q+1/b12-9+. The molecule has 0 bridgehead atoms. The first-order chi connectivity index (χ1) is 9.72. The van der Waals surface area contributed by atoms with Crippen molar-refractivity contribution in [2.24, 2.45) is 0 Å². The van der Waals surface area contributed by atoms with E-state index in [2.05, 4.69) is 27.0 Å². The average Bonchev–Trinajstić information content (AvgIpc) is 2.88. The van der Waals surface area contributed by atoms with Gasteiger partial charge in [0.15, 0.2) is 18.6 Å². The number of aromatic amines is 1. The van der Waals surface area contributed by atoms with Gasteiger partial charge in [-0.15, -0.1) is 0 Å². The summed E-state index contributed by atoms with van der Waals surface area (Å²) in [7, 11) is 4.06. The van der Waals surface area contributed by atoms with Gasteiger partial charge in [0, 0.05) is 38.0 Å². The smallest absolute Gasteiger partial charge is 0.178 e. The molecule has 0 saturated carbocycles. The Kier molecular flexibility index (Phi) is 3.21. The normalized spacial score (nSPS) is 11.3. The Bertz CT molecular complexity index is 706. The van der Waals surface area contributed by atoms with Gasteiger partial charge in [-0.25, -0.2) is 4.98 Å². The minimum absolute atomic E-state index is 0.857. The van der Waals surface area contributed by atoms with Crippen LogP contribution in [0.4, 0.5) is 5.69 Å². The van der Waals surface area contributed by atoms with Crippen LogP contribution in [0.2, 0.25) is 0 Å². The number of fused-ring (bicyclic) bond motifs is 1. The van der Waals surface area contributed by atoms with Crippen LogP contribution < -0.4 is 9.47 Å². The van der Waals surface area contributed by atoms with E-state index in [0.29, 0.717) is 0 Å². The fraction of sp³-hybridized carbons (Fsp3) is 0.125. The van der Waals surface area contributed by atoms with Crippen LogP contribution in [0.15, 0.2) is 48.8 Å². The number of imidazole rings is 1. The van der Waals surface area contributed by atoms with E-state index >= 15 is 0 Å². The number of para-hydroxylation sites is 2. The minimum Gasteiger partial charge on any atom is -0.377 e. The Balaban J connectivity index is 1.82. The van der Waals surface area contributed by atoms with Gasteiger partial charge in [0.05, 0.1) is 11.0 Å². The Morgan fingerprint density at radius 2 is 1.85 bits per heavy atom. The van der Waals surface area contributed by atoms with Crippen LogP contribution in [0.1, 0.15) is 5.82 Å². The molecule has 0 radical (unpaired) electrons.